The smallest absolute Gasteiger partial charge is 0.261 e. The van der Waals surface area contributed by atoms with Crippen molar-refractivity contribution in [2.45, 2.75) is 31.6 Å². The van der Waals surface area contributed by atoms with Crippen LogP contribution in [-0.2, 0) is 16.0 Å². The zero-order valence-electron chi connectivity index (χ0n) is 16.7. The van der Waals surface area contributed by atoms with Crippen LogP contribution in [0, 0.1) is 0 Å². The maximum absolute atomic E-state index is 13.2. The van der Waals surface area contributed by atoms with E-state index in [9.17, 15) is 4.79 Å². The van der Waals surface area contributed by atoms with Gasteiger partial charge in [0, 0.05) is 18.9 Å². The second-order valence-electron chi connectivity index (χ2n) is 7.69. The van der Waals surface area contributed by atoms with Crippen LogP contribution in [0.5, 0.6) is 11.5 Å². The summed E-state index contributed by atoms with van der Waals surface area (Å²) in [6.45, 7) is 2.92. The Bertz CT molecular complexity index is 1070. The molecule has 2 aliphatic rings. The molecule has 2 aromatic carbocycles. The maximum atomic E-state index is 13.2. The van der Waals surface area contributed by atoms with Crippen LogP contribution in [0.4, 0.5) is 0 Å². The number of nitrogens with zero attached hydrogens (tertiary/aromatic N) is 2. The highest BCUT2D eigenvalue weighted by Crippen LogP contribution is 2.34. The van der Waals surface area contributed by atoms with E-state index in [2.05, 4.69) is 4.98 Å². The third-order valence-corrected chi connectivity index (χ3v) is 5.45. The van der Waals surface area contributed by atoms with Crippen LogP contribution in [-0.4, -0.2) is 48.2 Å². The summed E-state index contributed by atoms with van der Waals surface area (Å²) in [5.41, 5.74) is 1.53. The standard InChI is InChI=1S/C23H24N2O5/c26-23-19-10-21(29-17-6-8-27-13-17)22(30-18-7-9-28-14-18)11-20(19)24-15-25(23)12-16-4-2-1-3-5-16/h1-5,10-11,15,17-18H,6-9,12-14H2/t17-,18-/m1/s1. The molecule has 0 bridgehead atoms. The Hall–Kier alpha value is -2.90. The fourth-order valence-electron chi connectivity index (χ4n) is 3.81. The summed E-state index contributed by atoms with van der Waals surface area (Å²) in [6, 6.07) is 13.4. The molecule has 7 heteroatoms. The second-order valence-corrected chi connectivity index (χ2v) is 7.69. The minimum Gasteiger partial charge on any atom is -0.484 e. The van der Waals surface area contributed by atoms with Crippen molar-refractivity contribution in [2.24, 2.45) is 0 Å². The first kappa shape index (κ1) is 19.1. The van der Waals surface area contributed by atoms with Crippen LogP contribution in [0.3, 0.4) is 0 Å². The summed E-state index contributed by atoms with van der Waals surface area (Å²) in [5, 5.41) is 0.511. The van der Waals surface area contributed by atoms with Crippen LogP contribution in [0.2, 0.25) is 0 Å². The van der Waals surface area contributed by atoms with E-state index in [4.69, 9.17) is 18.9 Å². The molecule has 2 saturated heterocycles. The van der Waals surface area contributed by atoms with Crippen molar-refractivity contribution in [1.82, 2.24) is 9.55 Å². The Labute approximate surface area is 174 Å². The van der Waals surface area contributed by atoms with E-state index < -0.39 is 0 Å². The van der Waals surface area contributed by atoms with Gasteiger partial charge in [-0.2, -0.15) is 0 Å². The lowest BCUT2D eigenvalue weighted by molar-refractivity contribution is 0.123. The lowest BCUT2D eigenvalue weighted by atomic mass is 10.2. The van der Waals surface area contributed by atoms with E-state index in [1.807, 2.05) is 30.3 Å². The number of aromatic nitrogens is 2. The van der Waals surface area contributed by atoms with E-state index in [1.54, 1.807) is 23.0 Å². The molecule has 0 saturated carbocycles. The van der Waals surface area contributed by atoms with Crippen molar-refractivity contribution in [1.29, 1.82) is 0 Å². The molecule has 5 rings (SSSR count). The Morgan fingerprint density at radius 3 is 2.27 bits per heavy atom. The van der Waals surface area contributed by atoms with Crippen LogP contribution < -0.4 is 15.0 Å². The third kappa shape index (κ3) is 4.04. The number of ether oxygens (including phenoxy) is 4. The van der Waals surface area contributed by atoms with Crippen molar-refractivity contribution >= 4 is 10.9 Å². The first-order valence-corrected chi connectivity index (χ1v) is 10.3. The van der Waals surface area contributed by atoms with Crippen LogP contribution in [0.1, 0.15) is 18.4 Å². The summed E-state index contributed by atoms with van der Waals surface area (Å²) in [5.74, 6) is 1.15. The van der Waals surface area contributed by atoms with Crippen molar-refractivity contribution in [3.63, 3.8) is 0 Å². The Morgan fingerprint density at radius 1 is 0.967 bits per heavy atom. The molecule has 156 valence electrons. The largest absolute Gasteiger partial charge is 0.484 e. The topological polar surface area (TPSA) is 71.8 Å². The summed E-state index contributed by atoms with van der Waals surface area (Å²) in [6.07, 6.45) is 3.16. The van der Waals surface area contributed by atoms with E-state index in [0.717, 1.165) is 18.4 Å². The molecule has 0 unspecified atom stereocenters. The summed E-state index contributed by atoms with van der Waals surface area (Å²) in [7, 11) is 0. The van der Waals surface area contributed by atoms with Crippen molar-refractivity contribution in [3.8, 4) is 11.5 Å². The van der Waals surface area contributed by atoms with E-state index in [1.165, 1.54) is 0 Å². The minimum atomic E-state index is -0.105. The van der Waals surface area contributed by atoms with Gasteiger partial charge in [-0.25, -0.2) is 4.98 Å². The number of rotatable bonds is 6. The SMILES string of the molecule is O=c1c2cc(O[C@@H]3CCOC3)c(O[C@@H]3CCOC3)cc2ncn1Cc1ccccc1. The normalized spacial score (nSPS) is 21.2. The van der Waals surface area contributed by atoms with Crippen molar-refractivity contribution in [2.75, 3.05) is 26.4 Å². The Kier molecular flexibility index (Phi) is 5.38. The zero-order chi connectivity index (χ0) is 20.3. The minimum absolute atomic E-state index is 0.0249. The highest BCUT2D eigenvalue weighted by molar-refractivity contribution is 5.81. The number of fused-ring (bicyclic) bond motifs is 1. The van der Waals surface area contributed by atoms with Gasteiger partial charge < -0.3 is 18.9 Å². The first-order valence-electron chi connectivity index (χ1n) is 10.3. The van der Waals surface area contributed by atoms with Gasteiger partial charge in [0.05, 0.1) is 50.2 Å². The highest BCUT2D eigenvalue weighted by atomic mass is 16.6. The monoisotopic (exact) mass is 408 g/mol. The molecule has 2 atom stereocenters. The molecule has 0 aliphatic carbocycles. The van der Waals surface area contributed by atoms with Gasteiger partial charge in [0.2, 0.25) is 0 Å². The molecule has 0 amide bonds. The number of benzene rings is 2. The summed E-state index contributed by atoms with van der Waals surface area (Å²) < 4.78 is 24.8. The fourth-order valence-corrected chi connectivity index (χ4v) is 3.81. The first-order chi connectivity index (χ1) is 14.8. The molecule has 7 nitrogen and oxygen atoms in total. The molecule has 0 N–H and O–H groups in total. The summed E-state index contributed by atoms with van der Waals surface area (Å²) in [4.78, 5) is 17.7. The lowest BCUT2D eigenvalue weighted by Crippen LogP contribution is -2.23. The Morgan fingerprint density at radius 2 is 1.63 bits per heavy atom. The molecule has 30 heavy (non-hydrogen) atoms. The average Bonchev–Trinajstić information content (AvgIpc) is 3.46. The predicted molar refractivity (Wildman–Crippen MR) is 111 cm³/mol. The molecule has 2 aliphatic heterocycles. The van der Waals surface area contributed by atoms with E-state index in [0.29, 0.717) is 55.4 Å². The molecule has 2 fully saturated rings. The van der Waals surface area contributed by atoms with Gasteiger partial charge in [-0.05, 0) is 11.6 Å². The molecule has 3 aromatic rings. The average molecular weight is 408 g/mol. The van der Waals surface area contributed by atoms with Gasteiger partial charge >= 0.3 is 0 Å². The van der Waals surface area contributed by atoms with Gasteiger partial charge in [-0.3, -0.25) is 9.36 Å². The van der Waals surface area contributed by atoms with Gasteiger partial charge in [-0.15, -0.1) is 0 Å². The fraction of sp³-hybridized carbons (Fsp3) is 0.391. The number of hydrogen-bond donors (Lipinski definition) is 0. The zero-order valence-corrected chi connectivity index (χ0v) is 16.7. The summed E-state index contributed by atoms with van der Waals surface area (Å²) >= 11 is 0. The molecule has 0 radical (unpaired) electrons. The lowest BCUT2D eigenvalue weighted by Gasteiger charge is -2.19. The Balaban J connectivity index is 1.52. The van der Waals surface area contributed by atoms with Crippen molar-refractivity contribution < 1.29 is 18.9 Å². The molecule has 0 spiro atoms. The van der Waals surface area contributed by atoms with Crippen LogP contribution in [0.25, 0.3) is 10.9 Å². The second kappa shape index (κ2) is 8.45. The molecule has 1 aromatic heterocycles. The van der Waals surface area contributed by atoms with Gasteiger partial charge in [0.15, 0.2) is 11.5 Å². The van der Waals surface area contributed by atoms with Gasteiger partial charge in [0.1, 0.15) is 12.2 Å². The predicted octanol–water partition coefficient (Wildman–Crippen LogP) is 2.78. The van der Waals surface area contributed by atoms with Crippen LogP contribution in [0.15, 0.2) is 53.6 Å². The maximum Gasteiger partial charge on any atom is 0.261 e. The number of hydrogen-bond acceptors (Lipinski definition) is 6. The van der Waals surface area contributed by atoms with Crippen LogP contribution >= 0.6 is 0 Å². The quantitative estimate of drug-likeness (QED) is 0.625. The third-order valence-electron chi connectivity index (χ3n) is 5.45. The highest BCUT2D eigenvalue weighted by Gasteiger charge is 2.24. The molecular formula is C23H24N2O5. The van der Waals surface area contributed by atoms with Gasteiger partial charge in [-0.1, -0.05) is 30.3 Å². The van der Waals surface area contributed by atoms with E-state index >= 15 is 0 Å². The van der Waals surface area contributed by atoms with Crippen molar-refractivity contribution in [3.05, 3.63) is 64.7 Å². The van der Waals surface area contributed by atoms with Gasteiger partial charge in [0.25, 0.3) is 5.56 Å². The van der Waals surface area contributed by atoms with E-state index in [-0.39, 0.29) is 17.8 Å². The molecular weight excluding hydrogens is 384 g/mol. The molecule has 3 heterocycles.